The zero-order chi connectivity index (χ0) is 3.54. The van der Waals surface area contributed by atoms with E-state index in [9.17, 15) is 0 Å². The minimum absolute atomic E-state index is 0. The predicted molar refractivity (Wildman–Crippen MR) is 19.9 cm³/mol. The quantitative estimate of drug-likeness (QED) is 0.340. The van der Waals surface area contributed by atoms with Crippen molar-refractivity contribution in [2.75, 3.05) is 0 Å². The standard InChI is InChI=1S/C3H3NSe.HI/c1-2-5-3-4-1;/h1-3H;1H. The molecule has 0 amide bonds. The summed E-state index contributed by atoms with van der Waals surface area (Å²) in [5.41, 5.74) is 0. The van der Waals surface area contributed by atoms with Gasteiger partial charge in [0.25, 0.3) is 0 Å². The Hall–Kier alpha value is 0.659. The minimum atomic E-state index is 0. The van der Waals surface area contributed by atoms with Crippen LogP contribution in [-0.4, -0.2) is 14.5 Å². The van der Waals surface area contributed by atoms with Gasteiger partial charge in [0.05, 0.1) is 0 Å². The summed E-state index contributed by atoms with van der Waals surface area (Å²) in [6.07, 6.45) is 1.96. The van der Waals surface area contributed by atoms with Gasteiger partial charge in [-0.1, -0.05) is 0 Å². The molecule has 3 heteroatoms. The molecule has 1 heterocycles. The maximum absolute atomic E-state index is 2.94. The Morgan fingerprint density at radius 1 is 1.50 bits per heavy atom. The average Bonchev–Trinajstić information content (AvgIpc) is 1.76. The third-order valence-electron chi connectivity index (χ3n) is 0.379. The van der Waals surface area contributed by atoms with Crippen molar-refractivity contribution in [2.24, 2.45) is 0 Å². The van der Waals surface area contributed by atoms with E-state index in [1.54, 1.807) is 0 Å². The van der Waals surface area contributed by atoms with Gasteiger partial charge < -0.3 is 24.0 Å². The average molecular weight is 260 g/mol. The summed E-state index contributed by atoms with van der Waals surface area (Å²) in [5.74, 6) is 0. The van der Waals surface area contributed by atoms with E-state index in [1.165, 1.54) is 0 Å². The molecule has 1 aromatic rings. The van der Waals surface area contributed by atoms with Crippen molar-refractivity contribution in [3.63, 3.8) is 0 Å². The van der Waals surface area contributed by atoms with Crippen LogP contribution in [0.4, 0.5) is 0 Å². The van der Waals surface area contributed by atoms with E-state index in [2.05, 4.69) is 15.0 Å². The molecule has 34 valence electrons. The zero-order valence-electron chi connectivity index (χ0n) is 3.02. The molecule has 0 fully saturated rings. The van der Waals surface area contributed by atoms with Gasteiger partial charge in [0.2, 0.25) is 0 Å². The van der Waals surface area contributed by atoms with Crippen molar-refractivity contribution in [1.29, 1.82) is 0 Å². The van der Waals surface area contributed by atoms with Crippen LogP contribution in [0, 0.1) is 0 Å². The molecule has 1 aromatic heterocycles. The number of aromatic nitrogens is 1. The van der Waals surface area contributed by atoms with Gasteiger partial charge in [-0.25, -0.2) is 0 Å². The first-order chi connectivity index (χ1) is 2.50. The summed E-state index contributed by atoms with van der Waals surface area (Å²) in [6.45, 7) is 0. The van der Waals surface area contributed by atoms with Crippen LogP contribution in [-0.2, 0) is 0 Å². The van der Waals surface area contributed by atoms with Gasteiger partial charge in [0.1, 0.15) is 0 Å². The van der Waals surface area contributed by atoms with Crippen molar-refractivity contribution in [3.8, 4) is 0 Å². The second kappa shape index (κ2) is 3.84. The first-order valence-corrected chi connectivity index (χ1v) is 3.36. The van der Waals surface area contributed by atoms with Crippen molar-refractivity contribution in [2.45, 2.75) is 0 Å². The summed E-state index contributed by atoms with van der Waals surface area (Å²) >= 11 is 0.653. The van der Waals surface area contributed by atoms with Crippen LogP contribution < -0.4 is 29.0 Å². The number of H-pyrrole nitrogens is 1. The first-order valence-electron chi connectivity index (χ1n) is 1.38. The monoisotopic (exact) mass is 261 g/mol. The molecule has 0 unspecified atom stereocenters. The van der Waals surface area contributed by atoms with Gasteiger partial charge in [0.15, 0.2) is 0 Å². The molecular formula is C3H4INSe. The molecular weight excluding hydrogens is 256 g/mol. The SMILES string of the molecule is [I-].c1c[se]c[nH+]1. The molecule has 1 nitrogen and oxygen atoms in total. The van der Waals surface area contributed by atoms with Gasteiger partial charge in [-0.2, -0.15) is 0 Å². The van der Waals surface area contributed by atoms with Crippen molar-refractivity contribution < 1.29 is 29.0 Å². The van der Waals surface area contributed by atoms with Gasteiger partial charge in [-0.05, 0) is 0 Å². The molecule has 0 atom stereocenters. The Kier molecular flexibility index (Phi) is 4.26. The molecule has 6 heavy (non-hydrogen) atoms. The normalized spacial score (nSPS) is 6.67. The van der Waals surface area contributed by atoms with Crippen molar-refractivity contribution >= 4 is 14.5 Å². The summed E-state index contributed by atoms with van der Waals surface area (Å²) in [4.78, 5) is 5.08. The third kappa shape index (κ3) is 1.95. The maximum atomic E-state index is 2.94. The Bertz CT molecular complexity index is 67.3. The van der Waals surface area contributed by atoms with E-state index in [0.29, 0.717) is 14.5 Å². The van der Waals surface area contributed by atoms with Gasteiger partial charge in [-0.3, -0.25) is 0 Å². The van der Waals surface area contributed by atoms with E-state index in [0.717, 1.165) is 0 Å². The Balaban J connectivity index is 0.000000250. The molecule has 0 aliphatic rings. The van der Waals surface area contributed by atoms with Crippen LogP contribution in [0.3, 0.4) is 0 Å². The van der Waals surface area contributed by atoms with Crippen LogP contribution in [0.5, 0.6) is 0 Å². The molecule has 0 saturated heterocycles. The summed E-state index contributed by atoms with van der Waals surface area (Å²) in [6, 6.07) is 0. The Morgan fingerprint density at radius 3 is 2.50 bits per heavy atom. The van der Waals surface area contributed by atoms with Crippen LogP contribution >= 0.6 is 0 Å². The van der Waals surface area contributed by atoms with E-state index >= 15 is 0 Å². The van der Waals surface area contributed by atoms with Crippen LogP contribution in [0.1, 0.15) is 0 Å². The number of nitrogens with one attached hydrogen (secondary N) is 1. The molecule has 0 aliphatic carbocycles. The van der Waals surface area contributed by atoms with Gasteiger partial charge in [-0.15, -0.1) is 0 Å². The fourth-order valence-electron chi connectivity index (χ4n) is 0.196. The Morgan fingerprint density at radius 2 is 2.33 bits per heavy atom. The van der Waals surface area contributed by atoms with E-state index in [1.807, 2.05) is 6.20 Å². The number of rotatable bonds is 0. The van der Waals surface area contributed by atoms with E-state index in [-0.39, 0.29) is 24.0 Å². The predicted octanol–water partition coefficient (Wildman–Crippen LogP) is -3.44. The number of hydrogen-bond donors (Lipinski definition) is 0. The topological polar surface area (TPSA) is 14.1 Å². The fourth-order valence-corrected chi connectivity index (χ4v) is 1.02. The molecule has 0 bridgehead atoms. The first kappa shape index (κ1) is 6.66. The third-order valence-corrected chi connectivity index (χ3v) is 1.57. The van der Waals surface area contributed by atoms with Crippen LogP contribution in [0.25, 0.3) is 0 Å². The number of aromatic amines is 1. The molecule has 1 rings (SSSR count). The summed E-state index contributed by atoms with van der Waals surface area (Å²) in [7, 11) is 0. The fraction of sp³-hybridized carbons (Fsp3) is 0. The summed E-state index contributed by atoms with van der Waals surface area (Å²) in [5, 5.41) is 2.06. The Labute approximate surface area is 59.6 Å². The molecule has 0 saturated carbocycles. The molecule has 0 aromatic carbocycles. The zero-order valence-corrected chi connectivity index (χ0v) is 6.89. The van der Waals surface area contributed by atoms with Gasteiger partial charge in [0, 0.05) is 0 Å². The van der Waals surface area contributed by atoms with Crippen molar-refractivity contribution in [1.82, 2.24) is 0 Å². The van der Waals surface area contributed by atoms with Gasteiger partial charge >= 0.3 is 35.7 Å². The van der Waals surface area contributed by atoms with Crippen molar-refractivity contribution in [3.05, 3.63) is 16.2 Å². The molecule has 1 N–H and O–H groups in total. The number of halogens is 1. The van der Waals surface area contributed by atoms with Crippen LogP contribution in [0.15, 0.2) is 16.2 Å². The second-order valence-corrected chi connectivity index (χ2v) is 2.36. The second-order valence-electron chi connectivity index (χ2n) is 0.723. The molecule has 0 radical (unpaired) electrons. The molecule has 0 aliphatic heterocycles. The van der Waals surface area contributed by atoms with E-state index in [4.69, 9.17) is 0 Å². The summed E-state index contributed by atoms with van der Waals surface area (Å²) < 4.78 is 0. The van der Waals surface area contributed by atoms with Crippen LogP contribution in [0.2, 0.25) is 0 Å². The van der Waals surface area contributed by atoms with E-state index < -0.39 is 0 Å². The molecule has 0 spiro atoms. The number of hydrogen-bond acceptors (Lipinski definition) is 0.